The number of esters is 2. The van der Waals surface area contributed by atoms with Gasteiger partial charge in [-0.1, -0.05) is 19.9 Å². The first-order valence-electron chi connectivity index (χ1n) is 15.3. The number of rotatable bonds is 9. The van der Waals surface area contributed by atoms with Gasteiger partial charge < -0.3 is 44.9 Å². The van der Waals surface area contributed by atoms with Crippen molar-refractivity contribution in [3.63, 3.8) is 0 Å². The molecule has 4 rings (SSSR count). The Morgan fingerprint density at radius 1 is 0.837 bits per heavy atom. The Morgan fingerprint density at radius 2 is 1.47 bits per heavy atom. The lowest BCUT2D eigenvalue weighted by atomic mass is 9.95. The molecule has 1 fully saturated rings. The number of carbonyl (C=O) groups is 5. The van der Waals surface area contributed by atoms with E-state index in [1.165, 1.54) is 41.3 Å². The minimum atomic E-state index is -1.12. The van der Waals surface area contributed by atoms with Gasteiger partial charge in [0.15, 0.2) is 0 Å². The van der Waals surface area contributed by atoms with E-state index in [4.69, 9.17) is 14.2 Å². The van der Waals surface area contributed by atoms with Crippen LogP contribution < -0.4 is 5.32 Å². The van der Waals surface area contributed by atoms with E-state index in [-0.39, 0.29) is 48.1 Å². The summed E-state index contributed by atoms with van der Waals surface area (Å²) in [5.74, 6) is -6.08. The average molecular weight is 679 g/mol. The summed E-state index contributed by atoms with van der Waals surface area (Å²) >= 11 is 0. The molecule has 0 unspecified atom stereocenters. The Morgan fingerprint density at radius 3 is 2.06 bits per heavy atom. The third-order valence-electron chi connectivity index (χ3n) is 7.22. The molecule has 5 N–H and O–H groups in total. The number of phenolic OH excluding ortho intramolecular Hbond substituents is 4. The highest BCUT2D eigenvalue weighted by Gasteiger charge is 2.41. The highest BCUT2D eigenvalue weighted by Crippen LogP contribution is 2.35. The first-order valence-corrected chi connectivity index (χ1v) is 15.3. The van der Waals surface area contributed by atoms with Gasteiger partial charge in [-0.2, -0.15) is 0 Å². The molecule has 1 saturated heterocycles. The van der Waals surface area contributed by atoms with Crippen LogP contribution in [0, 0.1) is 5.92 Å². The van der Waals surface area contributed by atoms with Crippen LogP contribution >= 0.6 is 0 Å². The molecule has 1 aliphatic heterocycles. The summed E-state index contributed by atoms with van der Waals surface area (Å²) in [6, 6.07) is 9.91. The molecule has 260 valence electrons. The zero-order chi connectivity index (χ0) is 36.2. The summed E-state index contributed by atoms with van der Waals surface area (Å²) in [6.07, 6.45) is -1.84. The highest BCUT2D eigenvalue weighted by atomic mass is 16.6. The molecule has 1 aliphatic rings. The molecule has 0 radical (unpaired) electrons. The van der Waals surface area contributed by atoms with E-state index >= 15 is 0 Å². The fourth-order valence-electron chi connectivity index (χ4n) is 4.93. The molecule has 0 bridgehead atoms. The van der Waals surface area contributed by atoms with Gasteiger partial charge in [-0.05, 0) is 75.2 Å². The Labute approximate surface area is 281 Å². The molecule has 14 nitrogen and oxygen atoms in total. The van der Waals surface area contributed by atoms with E-state index < -0.39 is 75.8 Å². The lowest BCUT2D eigenvalue weighted by Crippen LogP contribution is -2.44. The Balaban J connectivity index is 1.58. The van der Waals surface area contributed by atoms with Gasteiger partial charge in [0.1, 0.15) is 40.3 Å². The Bertz CT molecular complexity index is 1740. The second-order valence-corrected chi connectivity index (χ2v) is 12.9. The number of nitrogens with zero attached hydrogens (tertiary/aromatic N) is 1. The average Bonchev–Trinajstić information content (AvgIpc) is 3.40. The molecule has 2 amide bonds. The fourth-order valence-corrected chi connectivity index (χ4v) is 4.93. The number of likely N-dealkylation sites (tertiary alicyclic amines) is 1. The van der Waals surface area contributed by atoms with Crippen LogP contribution in [0.2, 0.25) is 0 Å². The smallest absolute Gasteiger partial charge is 0.410 e. The standard InChI is InChI=1S/C35H38N2O12/c1-18(2)17-47-33(45)22-7-6-8-24(39)28(22)30(42)29-25(40)13-20(14-26(29)41)32(44)48-27-16-37(34(46)49-35(3,4)5)15-23(27)36-31(43)19-9-11-21(38)12-10-19/h6-14,18,23,27,38-41H,15-17H2,1-5H3,(H,36,43)/t23-,27-/m0/s1. The predicted molar refractivity (Wildman–Crippen MR) is 173 cm³/mol. The van der Waals surface area contributed by atoms with Gasteiger partial charge in [-0.3, -0.25) is 9.59 Å². The van der Waals surface area contributed by atoms with Gasteiger partial charge in [0.25, 0.3) is 5.91 Å². The van der Waals surface area contributed by atoms with Crippen LogP contribution in [0.5, 0.6) is 23.0 Å². The van der Waals surface area contributed by atoms with Crippen molar-refractivity contribution in [2.75, 3.05) is 19.7 Å². The summed E-state index contributed by atoms with van der Waals surface area (Å²) in [5.41, 5.74) is -2.57. The molecule has 49 heavy (non-hydrogen) atoms. The number of phenols is 4. The van der Waals surface area contributed by atoms with Crippen molar-refractivity contribution in [1.82, 2.24) is 10.2 Å². The number of carbonyl (C=O) groups excluding carboxylic acids is 5. The molecule has 0 spiro atoms. The number of amides is 2. The van der Waals surface area contributed by atoms with E-state index in [1.807, 2.05) is 13.8 Å². The predicted octanol–water partition coefficient (Wildman–Crippen LogP) is 4.13. The van der Waals surface area contributed by atoms with Crippen molar-refractivity contribution in [2.45, 2.75) is 52.4 Å². The second-order valence-electron chi connectivity index (χ2n) is 12.9. The maximum Gasteiger partial charge on any atom is 0.410 e. The maximum absolute atomic E-state index is 13.5. The van der Waals surface area contributed by atoms with Gasteiger partial charge in [0.05, 0.1) is 35.9 Å². The van der Waals surface area contributed by atoms with E-state index in [9.17, 15) is 44.4 Å². The van der Waals surface area contributed by atoms with Crippen molar-refractivity contribution >= 4 is 29.7 Å². The number of benzene rings is 3. The number of hydrogen-bond acceptors (Lipinski definition) is 12. The number of ether oxygens (including phenoxy) is 3. The SMILES string of the molecule is CC(C)COC(=O)c1cccc(O)c1C(=O)c1c(O)cc(C(=O)O[C@H]2CN(C(=O)OC(C)(C)C)C[C@@H]2NC(=O)c2ccc(O)cc2)cc1O. The maximum atomic E-state index is 13.5. The quantitative estimate of drug-likeness (QED) is 0.123. The molecule has 1 heterocycles. The van der Waals surface area contributed by atoms with E-state index in [1.54, 1.807) is 20.8 Å². The molecule has 3 aromatic carbocycles. The lowest BCUT2D eigenvalue weighted by Gasteiger charge is -2.24. The summed E-state index contributed by atoms with van der Waals surface area (Å²) in [6.45, 7) is 8.40. The van der Waals surface area contributed by atoms with Crippen LogP contribution in [0.3, 0.4) is 0 Å². The van der Waals surface area contributed by atoms with Gasteiger partial charge in [-0.25, -0.2) is 14.4 Å². The Hall–Kier alpha value is -5.79. The molecule has 14 heteroatoms. The van der Waals surface area contributed by atoms with Gasteiger partial charge in [0.2, 0.25) is 5.78 Å². The second kappa shape index (κ2) is 14.5. The van der Waals surface area contributed by atoms with Crippen molar-refractivity contribution in [2.24, 2.45) is 5.92 Å². The van der Waals surface area contributed by atoms with E-state index in [0.717, 1.165) is 18.2 Å². The summed E-state index contributed by atoms with van der Waals surface area (Å²) in [4.78, 5) is 66.6. The molecule has 0 saturated carbocycles. The molecular formula is C35H38N2O12. The molecule has 0 aromatic heterocycles. The summed E-state index contributed by atoms with van der Waals surface area (Å²) in [5, 5.41) is 44.4. The van der Waals surface area contributed by atoms with Crippen LogP contribution in [-0.2, 0) is 14.2 Å². The monoisotopic (exact) mass is 678 g/mol. The van der Waals surface area contributed by atoms with Crippen molar-refractivity contribution in [3.05, 3.63) is 82.4 Å². The van der Waals surface area contributed by atoms with Gasteiger partial charge >= 0.3 is 18.0 Å². The van der Waals surface area contributed by atoms with Gasteiger partial charge in [-0.15, -0.1) is 0 Å². The Kier molecular flexibility index (Phi) is 10.7. The summed E-state index contributed by atoms with van der Waals surface area (Å²) in [7, 11) is 0. The van der Waals surface area contributed by atoms with Crippen LogP contribution in [0.1, 0.15) is 81.6 Å². The number of hydrogen-bond donors (Lipinski definition) is 5. The molecule has 3 aromatic rings. The topological polar surface area (TPSA) is 209 Å². The van der Waals surface area contributed by atoms with Crippen molar-refractivity contribution in [1.29, 1.82) is 0 Å². The minimum Gasteiger partial charge on any atom is -0.508 e. The minimum absolute atomic E-state index is 0.0174. The molecular weight excluding hydrogens is 640 g/mol. The summed E-state index contributed by atoms with van der Waals surface area (Å²) < 4.78 is 16.3. The van der Waals surface area contributed by atoms with E-state index in [2.05, 4.69) is 5.32 Å². The van der Waals surface area contributed by atoms with E-state index in [0.29, 0.717) is 0 Å². The zero-order valence-corrected chi connectivity index (χ0v) is 27.6. The molecule has 0 aliphatic carbocycles. The normalized spacial score (nSPS) is 15.8. The number of ketones is 1. The third kappa shape index (κ3) is 8.77. The van der Waals surface area contributed by atoms with Crippen molar-refractivity contribution in [3.8, 4) is 23.0 Å². The first kappa shape index (κ1) is 36.1. The lowest BCUT2D eigenvalue weighted by molar-refractivity contribution is 0.0177. The fraction of sp³-hybridized carbons (Fsp3) is 0.343. The zero-order valence-electron chi connectivity index (χ0n) is 27.6. The van der Waals surface area contributed by atoms with Crippen LogP contribution in [0.15, 0.2) is 54.6 Å². The number of aromatic hydroxyl groups is 4. The van der Waals surface area contributed by atoms with Crippen LogP contribution in [-0.4, -0.2) is 92.5 Å². The number of nitrogens with one attached hydrogen (secondary N) is 1. The van der Waals surface area contributed by atoms with Crippen molar-refractivity contribution < 1.29 is 58.6 Å². The highest BCUT2D eigenvalue weighted by molar-refractivity contribution is 6.18. The van der Waals surface area contributed by atoms with Crippen LogP contribution in [0.25, 0.3) is 0 Å². The third-order valence-corrected chi connectivity index (χ3v) is 7.22. The largest absolute Gasteiger partial charge is 0.508 e. The van der Waals surface area contributed by atoms with Gasteiger partial charge in [0, 0.05) is 12.1 Å². The molecule has 2 atom stereocenters. The van der Waals surface area contributed by atoms with Crippen LogP contribution in [0.4, 0.5) is 4.79 Å². The first-order chi connectivity index (χ1) is 22.9.